The molecule has 0 atom stereocenters. The molecule has 3 rings (SSSR count). The summed E-state index contributed by atoms with van der Waals surface area (Å²) in [6.07, 6.45) is -4.41. The van der Waals surface area contributed by atoms with Crippen LogP contribution in [0.25, 0.3) is 11.3 Å². The van der Waals surface area contributed by atoms with Crippen molar-refractivity contribution in [3.63, 3.8) is 0 Å². The number of thiazole rings is 1. The van der Waals surface area contributed by atoms with E-state index in [1.165, 1.54) is 17.4 Å². The average molecular weight is 370 g/mol. The van der Waals surface area contributed by atoms with Crippen LogP contribution in [0.4, 0.5) is 18.9 Å². The maximum Gasteiger partial charge on any atom is 0.418 e. The SMILES string of the molecule is CC(C)(C)c1nc(-c2ccc(N3CCOCC3)c(C(F)(F)F)c2)cs1. The first kappa shape index (κ1) is 18.2. The van der Waals surface area contributed by atoms with Crippen molar-refractivity contribution >= 4 is 17.0 Å². The zero-order chi connectivity index (χ0) is 18.2. The fourth-order valence-corrected chi connectivity index (χ4v) is 3.67. The standard InChI is InChI=1S/C18H21F3N2OS/c1-17(2,3)16-22-14(11-25-16)12-4-5-15(13(10-12)18(19,20)21)23-6-8-24-9-7-23/h4-5,10-11H,6-9H2,1-3H3. The number of halogens is 3. The van der Waals surface area contributed by atoms with Crippen molar-refractivity contribution in [3.8, 4) is 11.3 Å². The van der Waals surface area contributed by atoms with Crippen LogP contribution in [0.3, 0.4) is 0 Å². The molecule has 2 heterocycles. The summed E-state index contributed by atoms with van der Waals surface area (Å²) >= 11 is 1.48. The van der Waals surface area contributed by atoms with Gasteiger partial charge in [0.15, 0.2) is 0 Å². The maximum atomic E-state index is 13.6. The average Bonchev–Trinajstić information content (AvgIpc) is 3.04. The topological polar surface area (TPSA) is 25.4 Å². The summed E-state index contributed by atoms with van der Waals surface area (Å²) in [4.78, 5) is 6.27. The molecule has 25 heavy (non-hydrogen) atoms. The summed E-state index contributed by atoms with van der Waals surface area (Å²) < 4.78 is 46.1. The summed E-state index contributed by atoms with van der Waals surface area (Å²) in [5, 5.41) is 2.73. The largest absolute Gasteiger partial charge is 0.418 e. The van der Waals surface area contributed by atoms with E-state index in [1.54, 1.807) is 17.0 Å². The number of hydrogen-bond acceptors (Lipinski definition) is 4. The molecule has 3 nitrogen and oxygen atoms in total. The van der Waals surface area contributed by atoms with Crippen molar-refractivity contribution in [1.82, 2.24) is 4.98 Å². The Hall–Kier alpha value is -1.60. The van der Waals surface area contributed by atoms with Gasteiger partial charge in [0.1, 0.15) is 0 Å². The van der Waals surface area contributed by atoms with Gasteiger partial charge in [0.2, 0.25) is 0 Å². The molecule has 136 valence electrons. The molecule has 1 fully saturated rings. The van der Waals surface area contributed by atoms with Crippen LogP contribution in [-0.2, 0) is 16.3 Å². The van der Waals surface area contributed by atoms with E-state index in [9.17, 15) is 13.2 Å². The molecule has 1 aliphatic rings. The molecule has 1 aliphatic heterocycles. The van der Waals surface area contributed by atoms with Crippen LogP contribution in [0, 0.1) is 0 Å². The zero-order valence-electron chi connectivity index (χ0n) is 14.5. The number of morpholine rings is 1. The molecule has 1 aromatic carbocycles. The van der Waals surface area contributed by atoms with Gasteiger partial charge in [-0.25, -0.2) is 4.98 Å². The molecule has 0 N–H and O–H groups in total. The van der Waals surface area contributed by atoms with Crippen LogP contribution in [0.5, 0.6) is 0 Å². The van der Waals surface area contributed by atoms with Crippen LogP contribution in [-0.4, -0.2) is 31.3 Å². The normalized spacial score (nSPS) is 16.3. The van der Waals surface area contributed by atoms with Crippen LogP contribution < -0.4 is 4.90 Å². The van der Waals surface area contributed by atoms with E-state index in [-0.39, 0.29) is 11.1 Å². The molecule has 0 spiro atoms. The summed E-state index contributed by atoms with van der Waals surface area (Å²) in [5.41, 5.74) is 0.567. The Kier molecular flexibility index (Phi) is 4.81. The van der Waals surface area contributed by atoms with Crippen molar-refractivity contribution in [2.75, 3.05) is 31.2 Å². The van der Waals surface area contributed by atoms with E-state index >= 15 is 0 Å². The second-order valence-corrected chi connectivity index (χ2v) is 7.98. The van der Waals surface area contributed by atoms with Gasteiger partial charge in [0, 0.05) is 35.1 Å². The van der Waals surface area contributed by atoms with Gasteiger partial charge in [-0.15, -0.1) is 11.3 Å². The fraction of sp³-hybridized carbons (Fsp3) is 0.500. The molecular weight excluding hydrogens is 349 g/mol. The van der Waals surface area contributed by atoms with Crippen LogP contribution in [0.2, 0.25) is 0 Å². The number of anilines is 1. The number of ether oxygens (including phenoxy) is 1. The van der Waals surface area contributed by atoms with E-state index < -0.39 is 11.7 Å². The van der Waals surface area contributed by atoms with E-state index in [0.29, 0.717) is 37.6 Å². The highest BCUT2D eigenvalue weighted by Crippen LogP contribution is 2.40. The zero-order valence-corrected chi connectivity index (χ0v) is 15.3. The first-order valence-corrected chi connectivity index (χ1v) is 9.04. The van der Waals surface area contributed by atoms with Gasteiger partial charge in [0.25, 0.3) is 0 Å². The first-order chi connectivity index (χ1) is 11.7. The Morgan fingerprint density at radius 2 is 1.80 bits per heavy atom. The molecule has 1 saturated heterocycles. The van der Waals surface area contributed by atoms with Crippen molar-refractivity contribution in [1.29, 1.82) is 0 Å². The van der Waals surface area contributed by atoms with Crippen LogP contribution in [0.15, 0.2) is 23.6 Å². The summed E-state index contributed by atoms with van der Waals surface area (Å²) in [5.74, 6) is 0. The molecule has 0 amide bonds. The molecule has 0 aliphatic carbocycles. The van der Waals surface area contributed by atoms with Gasteiger partial charge in [-0.2, -0.15) is 13.2 Å². The lowest BCUT2D eigenvalue weighted by Gasteiger charge is -2.31. The Morgan fingerprint density at radius 3 is 2.36 bits per heavy atom. The second kappa shape index (κ2) is 6.61. The van der Waals surface area contributed by atoms with Gasteiger partial charge >= 0.3 is 6.18 Å². The lowest BCUT2D eigenvalue weighted by molar-refractivity contribution is -0.137. The molecular formula is C18H21F3N2OS. The van der Waals surface area contributed by atoms with E-state index in [0.717, 1.165) is 5.01 Å². The number of benzene rings is 1. The minimum atomic E-state index is -4.41. The third-order valence-corrected chi connectivity index (χ3v) is 5.36. The van der Waals surface area contributed by atoms with Gasteiger partial charge in [-0.3, -0.25) is 0 Å². The van der Waals surface area contributed by atoms with Gasteiger partial charge in [0.05, 0.1) is 29.5 Å². The highest BCUT2D eigenvalue weighted by Gasteiger charge is 2.35. The minimum absolute atomic E-state index is 0.122. The van der Waals surface area contributed by atoms with Crippen LogP contribution >= 0.6 is 11.3 Å². The van der Waals surface area contributed by atoms with Crippen molar-refractivity contribution < 1.29 is 17.9 Å². The maximum absolute atomic E-state index is 13.6. The van der Waals surface area contributed by atoms with E-state index in [1.807, 2.05) is 26.2 Å². The second-order valence-electron chi connectivity index (χ2n) is 7.12. The highest BCUT2D eigenvalue weighted by atomic mass is 32.1. The highest BCUT2D eigenvalue weighted by molar-refractivity contribution is 7.10. The molecule has 1 aromatic heterocycles. The number of aromatic nitrogens is 1. The Balaban J connectivity index is 2.01. The lowest BCUT2D eigenvalue weighted by atomic mass is 9.98. The van der Waals surface area contributed by atoms with E-state index in [4.69, 9.17) is 4.74 Å². The molecule has 0 radical (unpaired) electrons. The third-order valence-electron chi connectivity index (χ3n) is 4.10. The van der Waals surface area contributed by atoms with Gasteiger partial charge in [-0.1, -0.05) is 26.8 Å². The van der Waals surface area contributed by atoms with Crippen LogP contribution in [0.1, 0.15) is 31.3 Å². The smallest absolute Gasteiger partial charge is 0.378 e. The van der Waals surface area contributed by atoms with Crippen molar-refractivity contribution in [3.05, 3.63) is 34.2 Å². The fourth-order valence-electron chi connectivity index (χ4n) is 2.75. The Bertz CT molecular complexity index is 744. The predicted octanol–water partition coefficient (Wildman–Crippen LogP) is 4.96. The summed E-state index contributed by atoms with van der Waals surface area (Å²) in [6.45, 7) is 7.94. The van der Waals surface area contributed by atoms with Crippen molar-refractivity contribution in [2.24, 2.45) is 0 Å². The Labute approximate surface area is 149 Å². The summed E-state index contributed by atoms with van der Waals surface area (Å²) in [7, 11) is 0. The lowest BCUT2D eigenvalue weighted by Crippen LogP contribution is -2.37. The number of nitrogens with zero attached hydrogens (tertiary/aromatic N) is 2. The van der Waals surface area contributed by atoms with Gasteiger partial charge < -0.3 is 9.64 Å². The number of alkyl halides is 3. The quantitative estimate of drug-likeness (QED) is 0.747. The molecule has 7 heteroatoms. The van der Waals surface area contributed by atoms with Crippen molar-refractivity contribution in [2.45, 2.75) is 32.4 Å². The van der Waals surface area contributed by atoms with Gasteiger partial charge in [-0.05, 0) is 12.1 Å². The number of hydrogen-bond donors (Lipinski definition) is 0. The predicted molar refractivity (Wildman–Crippen MR) is 94.3 cm³/mol. The molecule has 2 aromatic rings. The monoisotopic (exact) mass is 370 g/mol. The minimum Gasteiger partial charge on any atom is -0.378 e. The third kappa shape index (κ3) is 3.98. The number of rotatable bonds is 2. The van der Waals surface area contributed by atoms with E-state index in [2.05, 4.69) is 4.98 Å². The Morgan fingerprint density at radius 1 is 1.12 bits per heavy atom. The molecule has 0 saturated carbocycles. The summed E-state index contributed by atoms with van der Waals surface area (Å²) in [6, 6.07) is 4.49. The first-order valence-electron chi connectivity index (χ1n) is 8.16. The molecule has 0 bridgehead atoms. The molecule has 0 unspecified atom stereocenters.